The van der Waals surface area contributed by atoms with Gasteiger partial charge >= 0.3 is 6.09 Å². The number of nitrogens with two attached hydrogens (primary N) is 1. The van der Waals surface area contributed by atoms with Crippen LogP contribution in [0.1, 0.15) is 13.8 Å². The smallest absolute Gasteiger partial charge is 0.406 e. The molecule has 0 heterocycles. The maximum Gasteiger partial charge on any atom is 0.406 e. The van der Waals surface area contributed by atoms with E-state index in [1.54, 1.807) is 26.0 Å². The second-order valence-electron chi connectivity index (χ2n) is 3.40. The van der Waals surface area contributed by atoms with Crippen LogP contribution in [0.4, 0.5) is 10.5 Å². The van der Waals surface area contributed by atoms with Gasteiger partial charge in [-0.05, 0) is 26.0 Å². The number of hydrogen-bond acceptors (Lipinski definition) is 4. The van der Waals surface area contributed by atoms with Gasteiger partial charge in [0, 0.05) is 0 Å². The Labute approximate surface area is 88.0 Å². The van der Waals surface area contributed by atoms with E-state index in [-0.39, 0.29) is 0 Å². The summed E-state index contributed by atoms with van der Waals surface area (Å²) in [6.07, 6.45) is -0.869. The first-order valence-electron chi connectivity index (χ1n) is 4.46. The Hall–Kier alpha value is -1.91. The van der Waals surface area contributed by atoms with Gasteiger partial charge in [-0.2, -0.15) is 5.11 Å². The monoisotopic (exact) mass is 207 g/mol. The Morgan fingerprint density at radius 1 is 1.33 bits per heavy atom. The van der Waals surface area contributed by atoms with Crippen molar-refractivity contribution in [3.05, 3.63) is 30.3 Å². The van der Waals surface area contributed by atoms with Crippen molar-refractivity contribution < 1.29 is 9.53 Å². The van der Waals surface area contributed by atoms with Crippen LogP contribution in [0.25, 0.3) is 0 Å². The molecule has 0 radical (unpaired) electrons. The Morgan fingerprint density at radius 2 is 1.93 bits per heavy atom. The number of benzene rings is 1. The average molecular weight is 207 g/mol. The summed E-state index contributed by atoms with van der Waals surface area (Å²) in [4.78, 5) is 10.5. The molecule has 0 aliphatic heterocycles. The van der Waals surface area contributed by atoms with Crippen LogP contribution in [0.15, 0.2) is 40.6 Å². The third kappa shape index (κ3) is 4.21. The zero-order valence-electron chi connectivity index (χ0n) is 8.68. The fraction of sp³-hybridized carbons (Fsp3) is 0.300. The number of ether oxygens (including phenoxy) is 1. The van der Waals surface area contributed by atoms with Gasteiger partial charge in [0.2, 0.25) is 5.72 Å². The lowest BCUT2D eigenvalue weighted by molar-refractivity contribution is 0.0475. The molecule has 5 nitrogen and oxygen atoms in total. The topological polar surface area (TPSA) is 77.0 Å². The standard InChI is InChI=1S/C10H13N3O2/c1-10(2,15-9(11)14)13-12-8-6-4-3-5-7-8/h3-7H,1-2H3,(H2,11,14). The predicted octanol–water partition coefficient (Wildman–Crippen LogP) is 2.60. The molecule has 80 valence electrons. The molecule has 0 fully saturated rings. The molecule has 0 atom stereocenters. The van der Waals surface area contributed by atoms with Gasteiger partial charge in [0.05, 0.1) is 5.69 Å². The highest BCUT2D eigenvalue weighted by molar-refractivity contribution is 5.65. The highest BCUT2D eigenvalue weighted by Gasteiger charge is 2.20. The molecule has 0 saturated carbocycles. The van der Waals surface area contributed by atoms with Crippen molar-refractivity contribution in [2.24, 2.45) is 16.0 Å². The van der Waals surface area contributed by atoms with Crippen molar-refractivity contribution in [1.82, 2.24) is 0 Å². The van der Waals surface area contributed by atoms with E-state index in [1.807, 2.05) is 18.2 Å². The van der Waals surface area contributed by atoms with Gasteiger partial charge in [0.25, 0.3) is 0 Å². The maximum atomic E-state index is 10.5. The van der Waals surface area contributed by atoms with E-state index in [0.29, 0.717) is 5.69 Å². The Morgan fingerprint density at radius 3 is 2.47 bits per heavy atom. The van der Waals surface area contributed by atoms with Crippen LogP contribution < -0.4 is 5.73 Å². The van der Waals surface area contributed by atoms with E-state index in [0.717, 1.165) is 0 Å². The van der Waals surface area contributed by atoms with Gasteiger partial charge in [-0.1, -0.05) is 18.2 Å². The fourth-order valence-electron chi connectivity index (χ4n) is 0.939. The second-order valence-corrected chi connectivity index (χ2v) is 3.40. The number of primary amides is 1. The van der Waals surface area contributed by atoms with Crippen LogP contribution in [0.3, 0.4) is 0 Å². The molecular formula is C10H13N3O2. The third-order valence-corrected chi connectivity index (χ3v) is 1.51. The number of carbonyl (C=O) groups is 1. The molecule has 2 N–H and O–H groups in total. The molecule has 0 spiro atoms. The normalized spacial score (nSPS) is 11.6. The molecule has 0 aliphatic carbocycles. The molecule has 0 saturated heterocycles. The van der Waals surface area contributed by atoms with Crippen LogP contribution in [-0.2, 0) is 4.74 Å². The second kappa shape index (κ2) is 4.54. The fourth-order valence-corrected chi connectivity index (χ4v) is 0.939. The number of carbonyl (C=O) groups excluding carboxylic acids is 1. The van der Waals surface area contributed by atoms with Crippen LogP contribution >= 0.6 is 0 Å². The zero-order chi connectivity index (χ0) is 11.3. The molecule has 0 aliphatic rings. The lowest BCUT2D eigenvalue weighted by atomic mass is 10.3. The van der Waals surface area contributed by atoms with Crippen LogP contribution in [0.2, 0.25) is 0 Å². The third-order valence-electron chi connectivity index (χ3n) is 1.51. The first-order valence-corrected chi connectivity index (χ1v) is 4.46. The van der Waals surface area contributed by atoms with Gasteiger partial charge < -0.3 is 10.5 Å². The summed E-state index contributed by atoms with van der Waals surface area (Å²) in [6.45, 7) is 3.20. The molecule has 0 bridgehead atoms. The summed E-state index contributed by atoms with van der Waals surface area (Å²) in [5.41, 5.74) is 4.54. The van der Waals surface area contributed by atoms with Gasteiger partial charge in [-0.3, -0.25) is 0 Å². The number of azo groups is 1. The molecule has 0 aromatic heterocycles. The summed E-state index contributed by atoms with van der Waals surface area (Å²) < 4.78 is 4.74. The molecular weight excluding hydrogens is 194 g/mol. The summed E-state index contributed by atoms with van der Waals surface area (Å²) in [5.74, 6) is 0. The minimum Gasteiger partial charge on any atom is -0.420 e. The predicted molar refractivity (Wildman–Crippen MR) is 55.7 cm³/mol. The maximum absolute atomic E-state index is 10.5. The minimum absolute atomic E-state index is 0.693. The van der Waals surface area contributed by atoms with Gasteiger partial charge in [0.1, 0.15) is 0 Å². The molecule has 1 rings (SSSR count). The summed E-state index contributed by atoms with van der Waals surface area (Å²) in [5, 5.41) is 7.79. The first kappa shape index (κ1) is 11.2. The molecule has 0 unspecified atom stereocenters. The van der Waals surface area contributed by atoms with Gasteiger partial charge in [-0.15, -0.1) is 5.11 Å². The van der Waals surface area contributed by atoms with E-state index in [9.17, 15) is 4.79 Å². The number of hydrogen-bond donors (Lipinski definition) is 1. The van der Waals surface area contributed by atoms with Gasteiger partial charge in [-0.25, -0.2) is 4.79 Å². The summed E-state index contributed by atoms with van der Waals surface area (Å²) in [7, 11) is 0. The molecule has 1 aromatic carbocycles. The van der Waals surface area contributed by atoms with Crippen LogP contribution in [0, 0.1) is 0 Å². The molecule has 15 heavy (non-hydrogen) atoms. The largest absolute Gasteiger partial charge is 0.420 e. The quantitative estimate of drug-likeness (QED) is 0.773. The minimum atomic E-state index is -1.04. The SMILES string of the molecule is CC(C)(N=Nc1ccccc1)OC(N)=O. The van der Waals surface area contributed by atoms with Crippen molar-refractivity contribution in [3.8, 4) is 0 Å². The molecule has 1 aromatic rings. The van der Waals surface area contributed by atoms with Gasteiger partial charge in [0.15, 0.2) is 0 Å². The van der Waals surface area contributed by atoms with E-state index >= 15 is 0 Å². The lowest BCUT2D eigenvalue weighted by Gasteiger charge is -2.16. The zero-order valence-corrected chi connectivity index (χ0v) is 8.68. The van der Waals surface area contributed by atoms with E-state index in [1.165, 1.54) is 0 Å². The number of rotatable bonds is 3. The van der Waals surface area contributed by atoms with E-state index in [4.69, 9.17) is 10.5 Å². The molecule has 1 amide bonds. The average Bonchev–Trinajstić information content (AvgIpc) is 2.15. The number of amides is 1. The lowest BCUT2D eigenvalue weighted by Crippen LogP contribution is -2.28. The van der Waals surface area contributed by atoms with Crippen molar-refractivity contribution in [3.63, 3.8) is 0 Å². The van der Waals surface area contributed by atoms with Crippen molar-refractivity contribution in [2.45, 2.75) is 19.6 Å². The van der Waals surface area contributed by atoms with Crippen molar-refractivity contribution in [2.75, 3.05) is 0 Å². The van der Waals surface area contributed by atoms with Crippen molar-refractivity contribution >= 4 is 11.8 Å². The van der Waals surface area contributed by atoms with Crippen molar-refractivity contribution in [1.29, 1.82) is 0 Å². The highest BCUT2D eigenvalue weighted by Crippen LogP contribution is 2.17. The van der Waals surface area contributed by atoms with Crippen LogP contribution in [-0.4, -0.2) is 11.8 Å². The van der Waals surface area contributed by atoms with E-state index < -0.39 is 11.8 Å². The molecule has 5 heteroatoms. The van der Waals surface area contributed by atoms with E-state index in [2.05, 4.69) is 10.2 Å². The highest BCUT2D eigenvalue weighted by atomic mass is 16.6. The Balaban J connectivity index is 2.68. The summed E-state index contributed by atoms with van der Waals surface area (Å²) >= 11 is 0. The van der Waals surface area contributed by atoms with Crippen LogP contribution in [0.5, 0.6) is 0 Å². The Bertz CT molecular complexity index is 360. The number of nitrogens with zero attached hydrogens (tertiary/aromatic N) is 2. The Kier molecular flexibility index (Phi) is 3.38. The summed E-state index contributed by atoms with van der Waals surface area (Å²) in [6, 6.07) is 9.16. The first-order chi connectivity index (χ1) is 6.99.